The van der Waals surface area contributed by atoms with E-state index in [1.807, 2.05) is 22.9 Å². The van der Waals surface area contributed by atoms with Gasteiger partial charge in [0.25, 0.3) is 5.91 Å². The highest BCUT2D eigenvalue weighted by Gasteiger charge is 2.26. The summed E-state index contributed by atoms with van der Waals surface area (Å²) in [6.45, 7) is 10.9. The van der Waals surface area contributed by atoms with E-state index in [1.165, 1.54) is 19.3 Å². The van der Waals surface area contributed by atoms with Crippen LogP contribution in [0.1, 0.15) is 86.8 Å². The molecule has 1 amide bonds. The number of fused-ring (bicyclic) bond motifs is 1. The molecule has 0 spiro atoms. The summed E-state index contributed by atoms with van der Waals surface area (Å²) in [7, 11) is 0. The lowest BCUT2D eigenvalue weighted by molar-refractivity contribution is 0.0915. The molecule has 166 valence electrons. The van der Waals surface area contributed by atoms with Crippen molar-refractivity contribution in [3.8, 4) is 0 Å². The number of amides is 1. The van der Waals surface area contributed by atoms with Crippen molar-refractivity contribution in [3.05, 3.63) is 47.7 Å². The van der Waals surface area contributed by atoms with Crippen molar-refractivity contribution in [1.82, 2.24) is 25.0 Å². The minimum atomic E-state index is -0.0915. The van der Waals surface area contributed by atoms with Crippen molar-refractivity contribution >= 4 is 16.9 Å². The number of carbonyl (C=O) groups is 1. The van der Waals surface area contributed by atoms with E-state index in [9.17, 15) is 4.79 Å². The fourth-order valence-electron chi connectivity index (χ4n) is 4.30. The molecule has 7 nitrogen and oxygen atoms in total. The van der Waals surface area contributed by atoms with Gasteiger partial charge in [-0.05, 0) is 63.9 Å². The maximum absolute atomic E-state index is 13.3. The summed E-state index contributed by atoms with van der Waals surface area (Å²) in [4.78, 5) is 20.6. The molecule has 0 bridgehead atoms. The molecule has 31 heavy (non-hydrogen) atoms. The highest BCUT2D eigenvalue weighted by Crippen LogP contribution is 2.26. The Hall–Kier alpha value is -2.67. The normalized spacial score (nSPS) is 16.3. The first kappa shape index (κ1) is 21.6. The number of nitrogens with one attached hydrogen (secondary N) is 1. The van der Waals surface area contributed by atoms with Gasteiger partial charge >= 0.3 is 0 Å². The van der Waals surface area contributed by atoms with Gasteiger partial charge in [0.2, 0.25) is 0 Å². The highest BCUT2D eigenvalue weighted by molar-refractivity contribution is 6.05. The summed E-state index contributed by atoms with van der Waals surface area (Å²) < 4.78 is 7.61. The molecular weight excluding hydrogens is 390 g/mol. The molecule has 3 aromatic heterocycles. The second kappa shape index (κ2) is 9.22. The van der Waals surface area contributed by atoms with Gasteiger partial charge in [-0.15, -0.1) is 0 Å². The molecule has 4 heterocycles. The fraction of sp³-hybridized carbons (Fsp3) is 0.542. The molecule has 1 fully saturated rings. The van der Waals surface area contributed by atoms with E-state index >= 15 is 0 Å². The van der Waals surface area contributed by atoms with E-state index in [0.717, 1.165) is 35.6 Å². The van der Waals surface area contributed by atoms with Crippen molar-refractivity contribution in [1.29, 1.82) is 0 Å². The number of furan rings is 1. The summed E-state index contributed by atoms with van der Waals surface area (Å²) >= 11 is 0. The SMILES string of the molecule is CC(C)c1cc(C(=O)NC[C@H](c2ccco2)N2CCCCC2)c2cnn(C(C)C)c2n1. The van der Waals surface area contributed by atoms with Crippen LogP contribution in [0.25, 0.3) is 11.0 Å². The number of likely N-dealkylation sites (tertiary alicyclic amines) is 1. The zero-order chi connectivity index (χ0) is 22.0. The Kier molecular flexibility index (Phi) is 6.41. The van der Waals surface area contributed by atoms with Gasteiger partial charge in [-0.3, -0.25) is 9.69 Å². The average molecular weight is 424 g/mol. The summed E-state index contributed by atoms with van der Waals surface area (Å²) in [5.74, 6) is 1.03. The molecule has 0 unspecified atom stereocenters. The monoisotopic (exact) mass is 423 g/mol. The molecule has 1 N–H and O–H groups in total. The van der Waals surface area contributed by atoms with Gasteiger partial charge < -0.3 is 9.73 Å². The summed E-state index contributed by atoms with van der Waals surface area (Å²) in [5.41, 5.74) is 2.31. The third-order valence-corrected chi connectivity index (χ3v) is 6.07. The first-order valence-electron chi connectivity index (χ1n) is 11.4. The number of hydrogen-bond donors (Lipinski definition) is 1. The summed E-state index contributed by atoms with van der Waals surface area (Å²) in [6.07, 6.45) is 7.09. The highest BCUT2D eigenvalue weighted by atomic mass is 16.3. The second-order valence-corrected chi connectivity index (χ2v) is 9.01. The molecule has 7 heteroatoms. The lowest BCUT2D eigenvalue weighted by Crippen LogP contribution is -2.40. The standard InChI is InChI=1S/C24H33N5O2/c1-16(2)20-13-18(19-14-26-29(17(3)4)23(19)27-20)24(30)25-15-21(22-9-8-12-31-22)28-10-6-5-7-11-28/h8-9,12-14,16-17,21H,5-7,10-11,15H2,1-4H3,(H,25,30)/t21-/m1/s1. The van der Waals surface area contributed by atoms with Gasteiger partial charge in [-0.25, -0.2) is 9.67 Å². The third-order valence-electron chi connectivity index (χ3n) is 6.07. The molecule has 1 saturated heterocycles. The molecule has 0 saturated carbocycles. The molecule has 1 atom stereocenters. The number of hydrogen-bond acceptors (Lipinski definition) is 5. The van der Waals surface area contributed by atoms with Gasteiger partial charge in [-0.2, -0.15) is 5.10 Å². The van der Waals surface area contributed by atoms with Crippen LogP contribution in [-0.2, 0) is 0 Å². The van der Waals surface area contributed by atoms with Crippen LogP contribution in [-0.4, -0.2) is 45.2 Å². The van der Waals surface area contributed by atoms with Crippen LogP contribution < -0.4 is 5.32 Å². The Bertz CT molecular complexity index is 1020. The van der Waals surface area contributed by atoms with Crippen LogP contribution in [0.4, 0.5) is 0 Å². The molecule has 4 rings (SSSR count). The Labute approximate surface area is 183 Å². The minimum absolute atomic E-state index is 0.0412. The van der Waals surface area contributed by atoms with E-state index in [4.69, 9.17) is 9.40 Å². The lowest BCUT2D eigenvalue weighted by Gasteiger charge is -2.33. The largest absolute Gasteiger partial charge is 0.468 e. The molecule has 0 aliphatic carbocycles. The Morgan fingerprint density at radius 2 is 1.97 bits per heavy atom. The molecule has 1 aliphatic heterocycles. The van der Waals surface area contributed by atoms with E-state index in [1.54, 1.807) is 12.5 Å². The Morgan fingerprint density at radius 3 is 2.61 bits per heavy atom. The average Bonchev–Trinajstić information content (AvgIpc) is 3.44. The maximum atomic E-state index is 13.3. The van der Waals surface area contributed by atoms with Gasteiger partial charge in [0, 0.05) is 18.3 Å². The Morgan fingerprint density at radius 1 is 1.19 bits per heavy atom. The van der Waals surface area contributed by atoms with Crippen LogP contribution in [0.2, 0.25) is 0 Å². The van der Waals surface area contributed by atoms with E-state index in [-0.39, 0.29) is 23.9 Å². The van der Waals surface area contributed by atoms with Crippen molar-refractivity contribution in [3.63, 3.8) is 0 Å². The van der Waals surface area contributed by atoms with Crippen LogP contribution in [0.5, 0.6) is 0 Å². The predicted molar refractivity (Wildman–Crippen MR) is 121 cm³/mol. The maximum Gasteiger partial charge on any atom is 0.252 e. The van der Waals surface area contributed by atoms with E-state index < -0.39 is 0 Å². The molecule has 0 radical (unpaired) electrons. The zero-order valence-electron chi connectivity index (χ0n) is 19.0. The van der Waals surface area contributed by atoms with Gasteiger partial charge in [0.05, 0.1) is 29.5 Å². The summed E-state index contributed by atoms with van der Waals surface area (Å²) in [5, 5.41) is 8.47. The smallest absolute Gasteiger partial charge is 0.252 e. The van der Waals surface area contributed by atoms with Gasteiger partial charge in [0.1, 0.15) is 5.76 Å². The molecule has 3 aromatic rings. The number of pyridine rings is 1. The van der Waals surface area contributed by atoms with Crippen molar-refractivity contribution in [2.45, 2.75) is 65.0 Å². The number of rotatable bonds is 7. The van der Waals surface area contributed by atoms with Crippen LogP contribution in [0, 0.1) is 0 Å². The minimum Gasteiger partial charge on any atom is -0.468 e. The number of nitrogens with zero attached hydrogens (tertiary/aromatic N) is 4. The van der Waals surface area contributed by atoms with Crippen LogP contribution >= 0.6 is 0 Å². The van der Waals surface area contributed by atoms with Gasteiger partial charge in [0.15, 0.2) is 5.65 Å². The van der Waals surface area contributed by atoms with Crippen molar-refractivity contribution < 1.29 is 9.21 Å². The van der Waals surface area contributed by atoms with Gasteiger partial charge in [-0.1, -0.05) is 20.3 Å². The van der Waals surface area contributed by atoms with E-state index in [2.05, 4.69) is 43.0 Å². The van der Waals surface area contributed by atoms with Crippen molar-refractivity contribution in [2.24, 2.45) is 0 Å². The first-order chi connectivity index (χ1) is 15.0. The number of carbonyl (C=O) groups excluding carboxylic acids is 1. The quantitative estimate of drug-likeness (QED) is 0.597. The van der Waals surface area contributed by atoms with Crippen LogP contribution in [0.15, 0.2) is 35.1 Å². The molecule has 0 aromatic carbocycles. The molecular formula is C24H33N5O2. The van der Waals surface area contributed by atoms with Crippen molar-refractivity contribution in [2.75, 3.05) is 19.6 Å². The third kappa shape index (κ3) is 4.51. The summed E-state index contributed by atoms with van der Waals surface area (Å²) in [6, 6.07) is 6.04. The number of piperidine rings is 1. The zero-order valence-corrected chi connectivity index (χ0v) is 19.0. The van der Waals surface area contributed by atoms with E-state index in [0.29, 0.717) is 12.1 Å². The first-order valence-corrected chi connectivity index (χ1v) is 11.4. The number of aromatic nitrogens is 3. The topological polar surface area (TPSA) is 76.2 Å². The van der Waals surface area contributed by atoms with Crippen LogP contribution in [0.3, 0.4) is 0 Å². The fourth-order valence-corrected chi connectivity index (χ4v) is 4.30. The second-order valence-electron chi connectivity index (χ2n) is 9.01. The Balaban J connectivity index is 1.61. The lowest BCUT2D eigenvalue weighted by atomic mass is 10.0. The molecule has 1 aliphatic rings. The predicted octanol–water partition coefficient (Wildman–Crippen LogP) is 4.69.